The predicted molar refractivity (Wildman–Crippen MR) is 68.6 cm³/mol. The van der Waals surface area contributed by atoms with Crippen LogP contribution >= 0.6 is 11.6 Å². The van der Waals surface area contributed by atoms with Gasteiger partial charge in [-0.1, -0.05) is 25.4 Å². The van der Waals surface area contributed by atoms with E-state index in [4.69, 9.17) is 17.3 Å². The van der Waals surface area contributed by atoms with Gasteiger partial charge in [0.15, 0.2) is 0 Å². The minimum absolute atomic E-state index is 0.581. The lowest BCUT2D eigenvalue weighted by atomic mass is 10.1. The van der Waals surface area contributed by atoms with Crippen molar-refractivity contribution in [1.82, 2.24) is 4.90 Å². The molecule has 4 heteroatoms. The number of rotatable bonds is 5. The van der Waals surface area contributed by atoms with E-state index in [1.807, 2.05) is 0 Å². The smallest absolute Gasteiger partial charge is 0.0937 e. The Bertz CT molecular complexity index is 340. The third-order valence-corrected chi connectivity index (χ3v) is 2.97. The number of nitrogens with two attached hydrogens (primary N) is 1. The molecular formula is C12H19ClN2O. The van der Waals surface area contributed by atoms with E-state index in [2.05, 4.69) is 18.7 Å². The Balaban J connectivity index is 2.79. The average molecular weight is 243 g/mol. The second-order valence-corrected chi connectivity index (χ2v) is 4.21. The van der Waals surface area contributed by atoms with Crippen molar-refractivity contribution < 1.29 is 5.11 Å². The molecule has 0 amide bonds. The summed E-state index contributed by atoms with van der Waals surface area (Å²) in [5, 5.41) is 10.7. The summed E-state index contributed by atoms with van der Waals surface area (Å²) < 4.78 is 0. The largest absolute Gasteiger partial charge is 0.398 e. The topological polar surface area (TPSA) is 49.5 Å². The van der Waals surface area contributed by atoms with Crippen LogP contribution in [0.5, 0.6) is 0 Å². The van der Waals surface area contributed by atoms with E-state index in [0.717, 1.165) is 13.1 Å². The van der Waals surface area contributed by atoms with Gasteiger partial charge in [0.1, 0.15) is 0 Å². The molecule has 1 unspecified atom stereocenters. The number of benzene rings is 1. The van der Waals surface area contributed by atoms with E-state index in [-0.39, 0.29) is 0 Å². The SMILES string of the molecule is CCN(CC)CC(O)c1cc(Cl)ccc1N. The number of nitrogen functional groups attached to an aromatic ring is 1. The summed E-state index contributed by atoms with van der Waals surface area (Å²) in [7, 11) is 0. The van der Waals surface area contributed by atoms with Crippen LogP contribution in [0.1, 0.15) is 25.5 Å². The fraction of sp³-hybridized carbons (Fsp3) is 0.500. The van der Waals surface area contributed by atoms with Crippen molar-refractivity contribution in [2.45, 2.75) is 20.0 Å². The molecule has 16 heavy (non-hydrogen) atoms. The van der Waals surface area contributed by atoms with Gasteiger partial charge in [-0.25, -0.2) is 0 Å². The molecule has 1 aromatic rings. The molecule has 1 atom stereocenters. The quantitative estimate of drug-likeness (QED) is 0.779. The summed E-state index contributed by atoms with van der Waals surface area (Å²) in [6.07, 6.45) is -0.585. The fourth-order valence-electron chi connectivity index (χ4n) is 1.66. The highest BCUT2D eigenvalue weighted by Crippen LogP contribution is 2.24. The Morgan fingerprint density at radius 2 is 2.00 bits per heavy atom. The Labute approximate surface area is 102 Å². The molecular weight excluding hydrogens is 224 g/mol. The van der Waals surface area contributed by atoms with Crippen LogP contribution in [0.2, 0.25) is 5.02 Å². The van der Waals surface area contributed by atoms with Gasteiger partial charge in [-0.15, -0.1) is 0 Å². The van der Waals surface area contributed by atoms with Crippen molar-refractivity contribution in [3.05, 3.63) is 28.8 Å². The second-order valence-electron chi connectivity index (χ2n) is 3.77. The first-order chi connectivity index (χ1) is 7.58. The molecule has 3 nitrogen and oxygen atoms in total. The minimum atomic E-state index is -0.585. The molecule has 3 N–H and O–H groups in total. The Morgan fingerprint density at radius 3 is 2.56 bits per heavy atom. The van der Waals surface area contributed by atoms with Gasteiger partial charge in [0.05, 0.1) is 6.10 Å². The van der Waals surface area contributed by atoms with Crippen molar-refractivity contribution >= 4 is 17.3 Å². The van der Waals surface area contributed by atoms with Crippen molar-refractivity contribution in [3.8, 4) is 0 Å². The van der Waals surface area contributed by atoms with Gasteiger partial charge in [-0.05, 0) is 31.3 Å². The van der Waals surface area contributed by atoms with Crippen LogP contribution in [0.15, 0.2) is 18.2 Å². The first-order valence-corrected chi connectivity index (χ1v) is 5.91. The van der Waals surface area contributed by atoms with Crippen molar-refractivity contribution in [1.29, 1.82) is 0 Å². The number of halogens is 1. The number of hydrogen-bond donors (Lipinski definition) is 2. The predicted octanol–water partition coefficient (Wildman–Crippen LogP) is 2.30. The van der Waals surface area contributed by atoms with E-state index in [1.165, 1.54) is 0 Å². The van der Waals surface area contributed by atoms with Gasteiger partial charge >= 0.3 is 0 Å². The summed E-state index contributed by atoms with van der Waals surface area (Å²) >= 11 is 5.88. The molecule has 0 radical (unpaired) electrons. The second kappa shape index (κ2) is 6.09. The first kappa shape index (κ1) is 13.3. The summed E-state index contributed by atoms with van der Waals surface area (Å²) in [5.41, 5.74) is 7.11. The lowest BCUT2D eigenvalue weighted by molar-refractivity contribution is 0.119. The molecule has 0 saturated heterocycles. The Kier molecular flexibility index (Phi) is 5.06. The van der Waals surface area contributed by atoms with E-state index in [1.54, 1.807) is 18.2 Å². The average Bonchev–Trinajstić information content (AvgIpc) is 2.28. The molecule has 0 spiro atoms. The molecule has 0 bridgehead atoms. The monoisotopic (exact) mass is 242 g/mol. The van der Waals surface area contributed by atoms with Crippen LogP contribution in [-0.2, 0) is 0 Å². The van der Waals surface area contributed by atoms with E-state index in [0.29, 0.717) is 22.8 Å². The fourth-order valence-corrected chi connectivity index (χ4v) is 1.84. The van der Waals surface area contributed by atoms with Crippen LogP contribution in [0, 0.1) is 0 Å². The number of anilines is 1. The number of aliphatic hydroxyl groups is 1. The normalized spacial score (nSPS) is 13.1. The van der Waals surface area contributed by atoms with Crippen LogP contribution in [-0.4, -0.2) is 29.6 Å². The lowest BCUT2D eigenvalue weighted by Crippen LogP contribution is -2.28. The van der Waals surface area contributed by atoms with E-state index in [9.17, 15) is 5.11 Å². The van der Waals surface area contributed by atoms with Gasteiger partial charge in [0.25, 0.3) is 0 Å². The van der Waals surface area contributed by atoms with Gasteiger partial charge in [-0.3, -0.25) is 0 Å². The van der Waals surface area contributed by atoms with Crippen molar-refractivity contribution in [2.75, 3.05) is 25.4 Å². The first-order valence-electron chi connectivity index (χ1n) is 5.53. The number of likely N-dealkylation sites (N-methyl/N-ethyl adjacent to an activating group) is 1. The highest BCUT2D eigenvalue weighted by atomic mass is 35.5. The molecule has 0 aromatic heterocycles. The van der Waals surface area contributed by atoms with Gasteiger partial charge in [-0.2, -0.15) is 0 Å². The van der Waals surface area contributed by atoms with Crippen LogP contribution in [0.3, 0.4) is 0 Å². The summed E-state index contributed by atoms with van der Waals surface area (Å²) in [5.74, 6) is 0. The van der Waals surface area contributed by atoms with E-state index >= 15 is 0 Å². The molecule has 0 aliphatic rings. The van der Waals surface area contributed by atoms with Crippen molar-refractivity contribution in [3.63, 3.8) is 0 Å². The maximum Gasteiger partial charge on any atom is 0.0937 e. The molecule has 1 rings (SSSR count). The van der Waals surface area contributed by atoms with Crippen LogP contribution in [0.4, 0.5) is 5.69 Å². The minimum Gasteiger partial charge on any atom is -0.398 e. The molecule has 0 heterocycles. The number of aliphatic hydroxyl groups excluding tert-OH is 1. The third kappa shape index (κ3) is 3.37. The highest BCUT2D eigenvalue weighted by molar-refractivity contribution is 6.30. The molecule has 0 aliphatic carbocycles. The van der Waals surface area contributed by atoms with Gasteiger partial charge < -0.3 is 15.7 Å². The van der Waals surface area contributed by atoms with Crippen LogP contribution < -0.4 is 5.73 Å². The zero-order chi connectivity index (χ0) is 12.1. The Hall–Kier alpha value is -0.770. The van der Waals surface area contributed by atoms with Crippen LogP contribution in [0.25, 0.3) is 0 Å². The lowest BCUT2D eigenvalue weighted by Gasteiger charge is -2.22. The number of hydrogen-bond acceptors (Lipinski definition) is 3. The molecule has 1 aromatic carbocycles. The standard InChI is InChI=1S/C12H19ClN2O/c1-3-15(4-2)8-12(16)10-7-9(13)5-6-11(10)14/h5-7,12,16H,3-4,8,14H2,1-2H3. The van der Waals surface area contributed by atoms with E-state index < -0.39 is 6.10 Å². The van der Waals surface area contributed by atoms with Crippen molar-refractivity contribution in [2.24, 2.45) is 0 Å². The maximum atomic E-state index is 10.1. The maximum absolute atomic E-state index is 10.1. The zero-order valence-corrected chi connectivity index (χ0v) is 10.5. The highest BCUT2D eigenvalue weighted by Gasteiger charge is 2.14. The Morgan fingerprint density at radius 1 is 1.38 bits per heavy atom. The number of nitrogens with zero attached hydrogens (tertiary/aromatic N) is 1. The van der Waals surface area contributed by atoms with Gasteiger partial charge in [0, 0.05) is 22.8 Å². The third-order valence-electron chi connectivity index (χ3n) is 2.73. The molecule has 0 aliphatic heterocycles. The summed E-state index contributed by atoms with van der Waals surface area (Å²) in [6.45, 7) is 6.54. The molecule has 0 fully saturated rings. The molecule has 90 valence electrons. The molecule has 0 saturated carbocycles. The van der Waals surface area contributed by atoms with Gasteiger partial charge in [0.2, 0.25) is 0 Å². The summed E-state index contributed by atoms with van der Waals surface area (Å²) in [4.78, 5) is 2.14. The summed E-state index contributed by atoms with van der Waals surface area (Å²) in [6, 6.07) is 5.18. The zero-order valence-electron chi connectivity index (χ0n) is 9.78.